The van der Waals surface area contributed by atoms with Gasteiger partial charge in [0.2, 0.25) is 5.91 Å². The van der Waals surface area contributed by atoms with Crippen LogP contribution in [-0.2, 0) is 9.53 Å². The van der Waals surface area contributed by atoms with Gasteiger partial charge in [-0.3, -0.25) is 14.5 Å². The molecular formula is C23H26ClFN4O3. The summed E-state index contributed by atoms with van der Waals surface area (Å²) < 4.78 is 20.4. The summed E-state index contributed by atoms with van der Waals surface area (Å²) in [6.07, 6.45) is -0.00579. The first kappa shape index (κ1) is 22.5. The van der Waals surface area contributed by atoms with Gasteiger partial charge in [0.15, 0.2) is 0 Å². The highest BCUT2D eigenvalue weighted by atomic mass is 35.5. The molecule has 2 aromatic rings. The number of halogens is 2. The van der Waals surface area contributed by atoms with Crippen LogP contribution in [-0.4, -0.2) is 62.7 Å². The third-order valence-corrected chi connectivity index (χ3v) is 6.16. The smallest absolute Gasteiger partial charge is 0.251 e. The molecule has 1 fully saturated rings. The number of carbonyl (C=O) groups is 2. The second-order valence-electron chi connectivity index (χ2n) is 8.17. The summed E-state index contributed by atoms with van der Waals surface area (Å²) in [4.78, 5) is 28.7. The quantitative estimate of drug-likeness (QED) is 0.717. The molecule has 7 nitrogen and oxygen atoms in total. The number of nitrogens with zero attached hydrogens (tertiary/aromatic N) is 2. The second kappa shape index (κ2) is 9.44. The van der Waals surface area contributed by atoms with Crippen LogP contribution < -0.4 is 15.5 Å². The van der Waals surface area contributed by atoms with Crippen molar-refractivity contribution in [2.75, 3.05) is 50.1 Å². The zero-order chi connectivity index (χ0) is 22.8. The normalized spacial score (nSPS) is 19.8. The molecule has 2 aromatic carbocycles. The van der Waals surface area contributed by atoms with Crippen molar-refractivity contribution in [3.63, 3.8) is 0 Å². The van der Waals surface area contributed by atoms with Crippen LogP contribution in [0.3, 0.4) is 0 Å². The van der Waals surface area contributed by atoms with Crippen molar-refractivity contribution in [1.82, 2.24) is 10.2 Å². The van der Waals surface area contributed by atoms with Crippen molar-refractivity contribution < 1.29 is 18.7 Å². The summed E-state index contributed by atoms with van der Waals surface area (Å²) in [6.45, 7) is 4.13. The zero-order valence-electron chi connectivity index (χ0n) is 18.0. The SMILES string of the molecule is CC1CN(C(CNC(=O)c2ccc3c(c2)NC(=O)CN3C)c2c(F)cccc2Cl)CCO1. The van der Waals surface area contributed by atoms with E-state index in [1.165, 1.54) is 6.07 Å². The fourth-order valence-electron chi connectivity index (χ4n) is 4.26. The van der Waals surface area contributed by atoms with Gasteiger partial charge < -0.3 is 20.3 Å². The van der Waals surface area contributed by atoms with Gasteiger partial charge in [0.05, 0.1) is 36.7 Å². The molecule has 2 atom stereocenters. The molecule has 0 aromatic heterocycles. The van der Waals surface area contributed by atoms with Crippen LogP contribution in [0.1, 0.15) is 28.9 Å². The first-order chi connectivity index (χ1) is 15.3. The van der Waals surface area contributed by atoms with Crippen LogP contribution >= 0.6 is 11.6 Å². The van der Waals surface area contributed by atoms with Crippen molar-refractivity contribution in [3.05, 3.63) is 58.4 Å². The van der Waals surface area contributed by atoms with Crippen molar-refractivity contribution in [2.45, 2.75) is 19.1 Å². The Morgan fingerprint density at radius 1 is 1.38 bits per heavy atom. The molecule has 2 N–H and O–H groups in total. The number of ether oxygens (including phenoxy) is 1. The molecule has 2 heterocycles. The molecule has 9 heteroatoms. The van der Waals surface area contributed by atoms with Crippen molar-refractivity contribution >= 4 is 34.8 Å². The van der Waals surface area contributed by atoms with E-state index in [9.17, 15) is 14.0 Å². The Labute approximate surface area is 191 Å². The lowest BCUT2D eigenvalue weighted by atomic mass is 10.0. The Balaban J connectivity index is 1.55. The van der Waals surface area contributed by atoms with Crippen molar-refractivity contribution in [3.8, 4) is 0 Å². The molecule has 32 heavy (non-hydrogen) atoms. The Kier molecular flexibility index (Phi) is 6.64. The molecule has 0 aliphatic carbocycles. The average Bonchev–Trinajstić information content (AvgIpc) is 2.75. The molecule has 0 saturated carbocycles. The van der Waals surface area contributed by atoms with Crippen LogP contribution in [0.15, 0.2) is 36.4 Å². The van der Waals surface area contributed by atoms with E-state index in [2.05, 4.69) is 15.5 Å². The third kappa shape index (κ3) is 4.72. The monoisotopic (exact) mass is 460 g/mol. The fourth-order valence-corrected chi connectivity index (χ4v) is 4.55. The summed E-state index contributed by atoms with van der Waals surface area (Å²) in [5.41, 5.74) is 2.21. The van der Waals surface area contributed by atoms with Crippen LogP contribution in [0.2, 0.25) is 5.02 Å². The molecule has 1 saturated heterocycles. The lowest BCUT2D eigenvalue weighted by Crippen LogP contribution is -2.47. The molecule has 2 aliphatic rings. The van der Waals surface area contributed by atoms with Crippen LogP contribution in [0.4, 0.5) is 15.8 Å². The van der Waals surface area contributed by atoms with Crippen LogP contribution in [0.25, 0.3) is 0 Å². The number of nitrogens with one attached hydrogen (secondary N) is 2. The van der Waals surface area contributed by atoms with E-state index in [0.29, 0.717) is 41.5 Å². The number of fused-ring (bicyclic) bond motifs is 1. The van der Waals surface area contributed by atoms with Gasteiger partial charge in [-0.1, -0.05) is 17.7 Å². The van der Waals surface area contributed by atoms with Gasteiger partial charge in [-0.25, -0.2) is 4.39 Å². The molecule has 0 radical (unpaired) electrons. The largest absolute Gasteiger partial charge is 0.376 e. The molecular weight excluding hydrogens is 435 g/mol. The van der Waals surface area contributed by atoms with Gasteiger partial charge in [-0.05, 0) is 37.3 Å². The number of anilines is 2. The number of amides is 2. The number of hydrogen-bond acceptors (Lipinski definition) is 5. The Morgan fingerprint density at radius 3 is 2.94 bits per heavy atom. The van der Waals surface area contributed by atoms with E-state index in [4.69, 9.17) is 16.3 Å². The maximum absolute atomic E-state index is 14.8. The number of carbonyl (C=O) groups excluding carboxylic acids is 2. The Hall–Kier alpha value is -2.68. The number of hydrogen-bond donors (Lipinski definition) is 2. The standard InChI is InChI=1S/C23H26ClFN4O3/c1-14-12-29(8-9-32-14)20(22-16(24)4-3-5-17(22)25)11-26-23(31)15-6-7-19-18(10-15)27-21(30)13-28(19)2/h3-7,10,14,20H,8-9,11-13H2,1-2H3,(H,26,31)(H,27,30). The fraction of sp³-hybridized carbons (Fsp3) is 0.391. The molecule has 0 bridgehead atoms. The number of morpholine rings is 1. The van der Waals surface area contributed by atoms with E-state index in [1.54, 1.807) is 30.3 Å². The molecule has 2 amide bonds. The van der Waals surface area contributed by atoms with Crippen molar-refractivity contribution in [1.29, 1.82) is 0 Å². The van der Waals surface area contributed by atoms with E-state index in [1.807, 2.05) is 18.9 Å². The maximum Gasteiger partial charge on any atom is 0.251 e. The summed E-state index contributed by atoms with van der Waals surface area (Å²) >= 11 is 6.36. The van der Waals surface area contributed by atoms with E-state index < -0.39 is 11.9 Å². The predicted molar refractivity (Wildman–Crippen MR) is 122 cm³/mol. The predicted octanol–water partition coefficient (Wildman–Crippen LogP) is 3.06. The molecule has 2 aliphatic heterocycles. The first-order valence-electron chi connectivity index (χ1n) is 10.6. The topological polar surface area (TPSA) is 73.9 Å². The molecule has 0 spiro atoms. The minimum atomic E-state index is -0.442. The second-order valence-corrected chi connectivity index (χ2v) is 8.58. The minimum absolute atomic E-state index is 0.00579. The highest BCUT2D eigenvalue weighted by Gasteiger charge is 2.30. The van der Waals surface area contributed by atoms with Gasteiger partial charge in [0, 0.05) is 42.8 Å². The minimum Gasteiger partial charge on any atom is -0.376 e. The summed E-state index contributed by atoms with van der Waals surface area (Å²) in [5, 5.41) is 6.04. The number of benzene rings is 2. The van der Waals surface area contributed by atoms with E-state index >= 15 is 0 Å². The zero-order valence-corrected chi connectivity index (χ0v) is 18.8. The molecule has 2 unspecified atom stereocenters. The summed E-state index contributed by atoms with van der Waals surface area (Å²) in [7, 11) is 1.82. The number of rotatable bonds is 5. The summed E-state index contributed by atoms with van der Waals surface area (Å²) in [5.74, 6) is -0.849. The van der Waals surface area contributed by atoms with Gasteiger partial charge in [-0.15, -0.1) is 0 Å². The van der Waals surface area contributed by atoms with Gasteiger partial charge in [0.1, 0.15) is 5.82 Å². The molecule has 170 valence electrons. The van der Waals surface area contributed by atoms with Gasteiger partial charge in [-0.2, -0.15) is 0 Å². The number of likely N-dealkylation sites (N-methyl/N-ethyl adjacent to an activating group) is 1. The van der Waals surface area contributed by atoms with Gasteiger partial charge >= 0.3 is 0 Å². The van der Waals surface area contributed by atoms with E-state index in [-0.39, 0.29) is 31.0 Å². The third-order valence-electron chi connectivity index (χ3n) is 5.83. The molecule has 4 rings (SSSR count). The highest BCUT2D eigenvalue weighted by Crippen LogP contribution is 2.32. The lowest BCUT2D eigenvalue weighted by molar-refractivity contribution is -0.115. The Morgan fingerprint density at radius 2 is 2.19 bits per heavy atom. The van der Waals surface area contributed by atoms with Crippen molar-refractivity contribution in [2.24, 2.45) is 0 Å². The van der Waals surface area contributed by atoms with Crippen LogP contribution in [0, 0.1) is 5.82 Å². The average molecular weight is 461 g/mol. The maximum atomic E-state index is 14.8. The highest BCUT2D eigenvalue weighted by molar-refractivity contribution is 6.31. The van der Waals surface area contributed by atoms with E-state index in [0.717, 1.165) is 5.69 Å². The Bertz CT molecular complexity index is 1010. The lowest BCUT2D eigenvalue weighted by Gasteiger charge is -2.38. The van der Waals surface area contributed by atoms with Crippen LogP contribution in [0.5, 0.6) is 0 Å². The summed E-state index contributed by atoms with van der Waals surface area (Å²) in [6, 6.07) is 9.33. The first-order valence-corrected chi connectivity index (χ1v) is 10.9. The van der Waals surface area contributed by atoms with Gasteiger partial charge in [0.25, 0.3) is 5.91 Å².